The van der Waals surface area contributed by atoms with E-state index in [-0.39, 0.29) is 24.2 Å². The number of carbonyl (C=O) groups excluding carboxylic acids is 1. The molecule has 1 N–H and O–H groups in total. The summed E-state index contributed by atoms with van der Waals surface area (Å²) in [5.74, 6) is -1.84. The van der Waals surface area contributed by atoms with Gasteiger partial charge in [0.25, 0.3) is 5.91 Å². The number of aromatic hydroxyl groups is 1. The van der Waals surface area contributed by atoms with E-state index in [9.17, 15) is 23.1 Å². The number of fused-ring (bicyclic) bond motifs is 1. The molecule has 0 fully saturated rings. The van der Waals surface area contributed by atoms with Gasteiger partial charge in [-0.3, -0.25) is 9.59 Å². The summed E-state index contributed by atoms with van der Waals surface area (Å²) in [6.07, 6.45) is 0.940. The molecule has 0 saturated heterocycles. The number of hydrogen-bond acceptors (Lipinski definition) is 6. The quantitative estimate of drug-likeness (QED) is 0.578. The molecule has 172 valence electrons. The van der Waals surface area contributed by atoms with Gasteiger partial charge < -0.3 is 14.6 Å². The van der Waals surface area contributed by atoms with E-state index in [4.69, 9.17) is 0 Å². The molecule has 9 heteroatoms. The van der Waals surface area contributed by atoms with Gasteiger partial charge in [-0.2, -0.15) is 4.98 Å². The van der Waals surface area contributed by atoms with Crippen LogP contribution >= 0.6 is 0 Å². The van der Waals surface area contributed by atoms with Crippen molar-refractivity contribution in [2.45, 2.75) is 37.0 Å². The molecule has 2 aromatic carbocycles. The largest absolute Gasteiger partial charge is 0.501 e. The third-order valence-corrected chi connectivity index (χ3v) is 6.86. The van der Waals surface area contributed by atoms with Crippen molar-refractivity contribution in [1.82, 2.24) is 14.5 Å². The summed E-state index contributed by atoms with van der Waals surface area (Å²) < 4.78 is 26.7. The fourth-order valence-corrected chi connectivity index (χ4v) is 5.27. The van der Waals surface area contributed by atoms with E-state index in [1.54, 1.807) is 4.90 Å². The highest BCUT2D eigenvalue weighted by Gasteiger charge is 2.42. The molecule has 8 nitrogen and oxygen atoms in total. The zero-order valence-electron chi connectivity index (χ0n) is 18.5. The normalized spacial score (nSPS) is 16.3. The first-order valence-electron chi connectivity index (χ1n) is 10.6. The Morgan fingerprint density at radius 3 is 1.94 bits per heavy atom. The first-order valence-corrected chi connectivity index (χ1v) is 12.5. The minimum Gasteiger partial charge on any atom is -0.501 e. The van der Waals surface area contributed by atoms with E-state index in [0.717, 1.165) is 17.4 Å². The zero-order chi connectivity index (χ0) is 23.9. The Balaban J connectivity index is 2.10. The van der Waals surface area contributed by atoms with E-state index < -0.39 is 38.3 Å². The van der Waals surface area contributed by atoms with Gasteiger partial charge in [-0.15, -0.1) is 0 Å². The average molecular weight is 468 g/mol. The monoisotopic (exact) mass is 467 g/mol. The highest BCUT2D eigenvalue weighted by molar-refractivity contribution is 7.90. The number of rotatable bonds is 5. The Kier molecular flexibility index (Phi) is 5.84. The second-order valence-electron chi connectivity index (χ2n) is 8.46. The number of hydrogen-bond donors (Lipinski definition) is 1. The van der Waals surface area contributed by atoms with Crippen LogP contribution in [0.5, 0.6) is 5.75 Å². The van der Waals surface area contributed by atoms with Crippen LogP contribution in [0, 0.1) is 0 Å². The molecule has 1 atom stereocenters. The van der Waals surface area contributed by atoms with Gasteiger partial charge in [-0.1, -0.05) is 60.7 Å². The average Bonchev–Trinajstić information content (AvgIpc) is 2.78. The van der Waals surface area contributed by atoms with Crippen molar-refractivity contribution in [1.29, 1.82) is 0 Å². The Labute approximate surface area is 192 Å². The number of amides is 1. The molecule has 2 heterocycles. The fraction of sp³-hybridized carbons (Fsp3) is 0.292. The van der Waals surface area contributed by atoms with Gasteiger partial charge in [0.2, 0.25) is 20.7 Å². The zero-order valence-corrected chi connectivity index (χ0v) is 19.4. The molecule has 1 aliphatic rings. The summed E-state index contributed by atoms with van der Waals surface area (Å²) in [6.45, 7) is 3.83. The maximum Gasteiger partial charge on any atom is 0.316 e. The molecule has 0 spiro atoms. The molecule has 1 aliphatic heterocycles. The standard InChI is InChI=1S/C24H25N3O5S/c1-15(2)26-14-18(19(16-10-6-4-7-11-16)17-12-8-5-9-13-17)27-20(23(26)30)21(28)22(29)25-24(27)33(3,31)32/h4-13,15,18-19,28H,14H2,1-3H3/t18-/m1/s1. The van der Waals surface area contributed by atoms with Gasteiger partial charge in [0, 0.05) is 24.8 Å². The number of sulfone groups is 1. The van der Waals surface area contributed by atoms with Crippen LogP contribution in [0.15, 0.2) is 70.6 Å². The molecule has 1 amide bonds. The van der Waals surface area contributed by atoms with Crippen molar-refractivity contribution in [2.75, 3.05) is 12.8 Å². The molecule has 0 saturated carbocycles. The minimum absolute atomic E-state index is 0.171. The number of carbonyl (C=O) groups is 1. The van der Waals surface area contributed by atoms with Crippen molar-refractivity contribution in [3.63, 3.8) is 0 Å². The van der Waals surface area contributed by atoms with Crippen molar-refractivity contribution >= 4 is 15.7 Å². The Hall–Kier alpha value is -3.46. The lowest BCUT2D eigenvalue weighted by atomic mass is 9.83. The van der Waals surface area contributed by atoms with Crippen LogP contribution in [0.3, 0.4) is 0 Å². The molecule has 4 rings (SSSR count). The third kappa shape index (κ3) is 4.04. The first-order chi connectivity index (χ1) is 15.6. The van der Waals surface area contributed by atoms with Crippen LogP contribution in [0.2, 0.25) is 0 Å². The number of nitrogens with zero attached hydrogens (tertiary/aromatic N) is 3. The summed E-state index contributed by atoms with van der Waals surface area (Å²) >= 11 is 0. The van der Waals surface area contributed by atoms with Gasteiger partial charge in [0.1, 0.15) is 0 Å². The molecule has 0 unspecified atom stereocenters. The van der Waals surface area contributed by atoms with Crippen LogP contribution in [0.4, 0.5) is 0 Å². The number of benzene rings is 2. The Morgan fingerprint density at radius 2 is 1.48 bits per heavy atom. The van der Waals surface area contributed by atoms with E-state index >= 15 is 0 Å². The lowest BCUT2D eigenvalue weighted by Gasteiger charge is -2.42. The van der Waals surface area contributed by atoms with Crippen LogP contribution in [-0.2, 0) is 9.84 Å². The Bertz CT molecular complexity index is 1310. The van der Waals surface area contributed by atoms with Crippen LogP contribution in [0.1, 0.15) is 47.4 Å². The lowest BCUT2D eigenvalue weighted by Crippen LogP contribution is -2.50. The smallest absolute Gasteiger partial charge is 0.316 e. The highest BCUT2D eigenvalue weighted by Crippen LogP contribution is 2.41. The molecule has 1 aromatic heterocycles. The molecular formula is C24H25N3O5S. The summed E-state index contributed by atoms with van der Waals surface area (Å²) in [6, 6.07) is 18.2. The summed E-state index contributed by atoms with van der Waals surface area (Å²) in [5, 5.41) is 10.1. The molecular weight excluding hydrogens is 442 g/mol. The number of aromatic nitrogens is 2. The topological polar surface area (TPSA) is 110 Å². The van der Waals surface area contributed by atoms with E-state index in [2.05, 4.69) is 4.98 Å². The second kappa shape index (κ2) is 8.47. The van der Waals surface area contributed by atoms with Crippen LogP contribution in [0.25, 0.3) is 0 Å². The SMILES string of the molecule is CC(C)N1C[C@H](C(c2ccccc2)c2ccccc2)n2c(S(C)(=O)=O)nc(=O)c(O)c2C1=O. The summed E-state index contributed by atoms with van der Waals surface area (Å²) in [7, 11) is -4.01. The van der Waals surface area contributed by atoms with Crippen molar-refractivity contribution < 1.29 is 18.3 Å². The van der Waals surface area contributed by atoms with Crippen molar-refractivity contribution in [3.8, 4) is 5.75 Å². The van der Waals surface area contributed by atoms with E-state index in [1.165, 1.54) is 4.57 Å². The maximum atomic E-state index is 13.3. The van der Waals surface area contributed by atoms with Crippen LogP contribution in [-0.4, -0.2) is 52.7 Å². The molecule has 0 radical (unpaired) electrons. The lowest BCUT2D eigenvalue weighted by molar-refractivity contribution is 0.0573. The summed E-state index contributed by atoms with van der Waals surface area (Å²) in [4.78, 5) is 30.9. The summed E-state index contributed by atoms with van der Waals surface area (Å²) in [5.41, 5.74) is 0.304. The molecule has 33 heavy (non-hydrogen) atoms. The van der Waals surface area contributed by atoms with Gasteiger partial charge in [-0.05, 0) is 25.0 Å². The van der Waals surface area contributed by atoms with Gasteiger partial charge in [-0.25, -0.2) is 8.42 Å². The van der Waals surface area contributed by atoms with E-state index in [1.807, 2.05) is 74.5 Å². The predicted molar refractivity (Wildman–Crippen MR) is 123 cm³/mol. The van der Waals surface area contributed by atoms with Gasteiger partial charge >= 0.3 is 5.56 Å². The maximum absolute atomic E-state index is 13.3. The van der Waals surface area contributed by atoms with Crippen molar-refractivity contribution in [3.05, 3.63) is 87.8 Å². The highest BCUT2D eigenvalue weighted by atomic mass is 32.2. The molecule has 0 aliphatic carbocycles. The third-order valence-electron chi connectivity index (χ3n) is 5.91. The van der Waals surface area contributed by atoms with Gasteiger partial charge in [0.15, 0.2) is 5.69 Å². The Morgan fingerprint density at radius 1 is 0.970 bits per heavy atom. The first kappa shape index (κ1) is 22.7. The minimum atomic E-state index is -4.01. The molecule has 3 aromatic rings. The van der Waals surface area contributed by atoms with E-state index in [0.29, 0.717) is 0 Å². The molecule has 0 bridgehead atoms. The predicted octanol–water partition coefficient (Wildman–Crippen LogP) is 2.59. The fourth-order valence-electron chi connectivity index (χ4n) is 4.44. The van der Waals surface area contributed by atoms with Crippen LogP contribution < -0.4 is 5.56 Å². The van der Waals surface area contributed by atoms with Crippen molar-refractivity contribution in [2.24, 2.45) is 0 Å². The second-order valence-corrected chi connectivity index (χ2v) is 10.4. The van der Waals surface area contributed by atoms with Gasteiger partial charge in [0.05, 0.1) is 6.04 Å².